The summed E-state index contributed by atoms with van der Waals surface area (Å²) >= 11 is 0. The quantitative estimate of drug-likeness (QED) is 0.916. The van der Waals surface area contributed by atoms with E-state index < -0.39 is 5.97 Å². The second kappa shape index (κ2) is 4.42. The van der Waals surface area contributed by atoms with Crippen LogP contribution in [0, 0.1) is 0 Å². The molecular formula is C14H13NO4. The first-order chi connectivity index (χ1) is 9.19. The Morgan fingerprint density at radius 3 is 2.68 bits per heavy atom. The number of methoxy groups -OCH3 is 1. The van der Waals surface area contributed by atoms with Gasteiger partial charge in [0.25, 0.3) is 0 Å². The predicted octanol–water partition coefficient (Wildman–Crippen LogP) is 2.54. The zero-order chi connectivity index (χ0) is 13.4. The zero-order valence-corrected chi connectivity index (χ0v) is 10.5. The van der Waals surface area contributed by atoms with Gasteiger partial charge in [-0.2, -0.15) is 0 Å². The van der Waals surface area contributed by atoms with Crippen molar-refractivity contribution >= 4 is 5.97 Å². The molecule has 0 amide bonds. The first kappa shape index (κ1) is 11.8. The number of carbonyl (C=O) groups is 1. The number of benzene rings is 1. The molecule has 5 heteroatoms. The number of carboxylic acid groups (broad SMARTS) is 1. The van der Waals surface area contributed by atoms with Crippen LogP contribution in [0.4, 0.5) is 0 Å². The van der Waals surface area contributed by atoms with Crippen LogP contribution in [-0.2, 0) is 12.8 Å². The third-order valence-electron chi connectivity index (χ3n) is 3.41. The number of aromatic nitrogens is 1. The highest BCUT2D eigenvalue weighted by molar-refractivity contribution is 5.86. The Morgan fingerprint density at radius 1 is 1.32 bits per heavy atom. The van der Waals surface area contributed by atoms with E-state index in [1.165, 1.54) is 17.2 Å². The molecule has 0 unspecified atom stereocenters. The summed E-state index contributed by atoms with van der Waals surface area (Å²) in [4.78, 5) is 10.8. The van der Waals surface area contributed by atoms with Crippen LogP contribution in [0.25, 0.3) is 11.3 Å². The standard InChI is InChI=1S/C14H13NO4/c1-18-12-6-9-4-2-3-8(9)5-10(12)13-7-11(14(16)17)15-19-13/h5-7H,2-4H2,1H3,(H,16,17). The number of fused-ring (bicyclic) bond motifs is 1. The van der Waals surface area contributed by atoms with Crippen molar-refractivity contribution in [3.05, 3.63) is 35.0 Å². The van der Waals surface area contributed by atoms with Crippen LogP contribution < -0.4 is 4.74 Å². The number of aryl methyl sites for hydroxylation is 2. The summed E-state index contributed by atoms with van der Waals surface area (Å²) < 4.78 is 10.5. The van der Waals surface area contributed by atoms with Crippen LogP contribution in [-0.4, -0.2) is 23.3 Å². The molecule has 19 heavy (non-hydrogen) atoms. The highest BCUT2D eigenvalue weighted by atomic mass is 16.5. The van der Waals surface area contributed by atoms with Crippen LogP contribution in [0.3, 0.4) is 0 Å². The van der Waals surface area contributed by atoms with E-state index in [0.717, 1.165) is 24.8 Å². The highest BCUT2D eigenvalue weighted by Gasteiger charge is 2.20. The molecule has 0 aliphatic heterocycles. The summed E-state index contributed by atoms with van der Waals surface area (Å²) in [5, 5.41) is 12.4. The molecule has 0 saturated carbocycles. The Morgan fingerprint density at radius 2 is 2.05 bits per heavy atom. The zero-order valence-electron chi connectivity index (χ0n) is 10.5. The van der Waals surface area contributed by atoms with Crippen molar-refractivity contribution in [2.24, 2.45) is 0 Å². The molecule has 0 fully saturated rings. The number of carboxylic acids is 1. The normalized spacial score (nSPS) is 13.3. The minimum atomic E-state index is -1.10. The number of nitrogens with zero attached hydrogens (tertiary/aromatic N) is 1. The second-order valence-electron chi connectivity index (χ2n) is 4.56. The van der Waals surface area contributed by atoms with E-state index in [0.29, 0.717) is 11.5 Å². The molecule has 98 valence electrons. The SMILES string of the molecule is COc1cc2c(cc1-c1cc(C(=O)O)no1)CCC2. The minimum Gasteiger partial charge on any atom is -0.496 e. The molecule has 0 saturated heterocycles. The van der Waals surface area contributed by atoms with Gasteiger partial charge >= 0.3 is 5.97 Å². The van der Waals surface area contributed by atoms with Crippen molar-refractivity contribution in [2.45, 2.75) is 19.3 Å². The third-order valence-corrected chi connectivity index (χ3v) is 3.41. The number of hydrogen-bond donors (Lipinski definition) is 1. The van der Waals surface area contributed by atoms with Crippen LogP contribution in [0.15, 0.2) is 22.7 Å². The van der Waals surface area contributed by atoms with Crippen LogP contribution in [0.1, 0.15) is 28.0 Å². The summed E-state index contributed by atoms with van der Waals surface area (Å²) in [6, 6.07) is 5.43. The summed E-state index contributed by atoms with van der Waals surface area (Å²) in [6.07, 6.45) is 3.23. The van der Waals surface area contributed by atoms with Gasteiger partial charge < -0.3 is 14.4 Å². The minimum absolute atomic E-state index is 0.0995. The lowest BCUT2D eigenvalue weighted by molar-refractivity contribution is 0.0686. The van der Waals surface area contributed by atoms with Gasteiger partial charge in [-0.15, -0.1) is 0 Å². The summed E-state index contributed by atoms with van der Waals surface area (Å²) in [5.74, 6) is 0.00724. The smallest absolute Gasteiger partial charge is 0.358 e. The monoisotopic (exact) mass is 259 g/mol. The average molecular weight is 259 g/mol. The lowest BCUT2D eigenvalue weighted by Gasteiger charge is -2.09. The summed E-state index contributed by atoms with van der Waals surface area (Å²) in [6.45, 7) is 0. The topological polar surface area (TPSA) is 72.6 Å². The van der Waals surface area contributed by atoms with Gasteiger partial charge in [-0.25, -0.2) is 4.79 Å². The lowest BCUT2D eigenvalue weighted by Crippen LogP contribution is -1.94. The fraction of sp³-hybridized carbons (Fsp3) is 0.286. The maximum atomic E-state index is 10.8. The second-order valence-corrected chi connectivity index (χ2v) is 4.56. The van der Waals surface area contributed by atoms with E-state index in [-0.39, 0.29) is 5.69 Å². The molecule has 3 rings (SSSR count). The van der Waals surface area contributed by atoms with Gasteiger partial charge in [0.2, 0.25) is 0 Å². The van der Waals surface area contributed by atoms with E-state index in [1.54, 1.807) is 7.11 Å². The van der Waals surface area contributed by atoms with Crippen LogP contribution in [0.5, 0.6) is 5.75 Å². The Kier molecular flexibility index (Phi) is 2.74. The number of aromatic carboxylic acids is 1. The lowest BCUT2D eigenvalue weighted by atomic mass is 10.0. The fourth-order valence-corrected chi connectivity index (χ4v) is 2.47. The first-order valence-electron chi connectivity index (χ1n) is 6.09. The van der Waals surface area contributed by atoms with Gasteiger partial charge in [0.05, 0.1) is 12.7 Å². The molecule has 1 aromatic heterocycles. The Balaban J connectivity index is 2.10. The summed E-state index contributed by atoms with van der Waals surface area (Å²) in [7, 11) is 1.59. The molecule has 5 nitrogen and oxygen atoms in total. The van der Waals surface area contributed by atoms with Crippen molar-refractivity contribution in [1.82, 2.24) is 5.16 Å². The molecule has 1 aliphatic carbocycles. The molecule has 1 N–H and O–H groups in total. The maximum absolute atomic E-state index is 10.8. The van der Waals surface area contributed by atoms with Crippen molar-refractivity contribution in [2.75, 3.05) is 7.11 Å². The van der Waals surface area contributed by atoms with Gasteiger partial charge in [-0.05, 0) is 42.5 Å². The fourth-order valence-electron chi connectivity index (χ4n) is 2.47. The third kappa shape index (κ3) is 1.97. The number of ether oxygens (including phenoxy) is 1. The van der Waals surface area contributed by atoms with E-state index in [1.807, 2.05) is 12.1 Å². The summed E-state index contributed by atoms with van der Waals surface area (Å²) in [5.41, 5.74) is 3.21. The van der Waals surface area contributed by atoms with Crippen molar-refractivity contribution in [3.8, 4) is 17.1 Å². The van der Waals surface area contributed by atoms with E-state index >= 15 is 0 Å². The van der Waals surface area contributed by atoms with E-state index in [9.17, 15) is 4.79 Å². The van der Waals surface area contributed by atoms with Crippen molar-refractivity contribution < 1.29 is 19.2 Å². The number of rotatable bonds is 3. The maximum Gasteiger partial charge on any atom is 0.358 e. The molecule has 1 aromatic carbocycles. The molecule has 0 atom stereocenters. The number of hydrogen-bond acceptors (Lipinski definition) is 4. The van der Waals surface area contributed by atoms with Crippen LogP contribution >= 0.6 is 0 Å². The van der Waals surface area contributed by atoms with Gasteiger partial charge in [0.1, 0.15) is 5.75 Å². The predicted molar refractivity (Wildman–Crippen MR) is 67.5 cm³/mol. The Bertz CT molecular complexity index is 645. The van der Waals surface area contributed by atoms with Crippen molar-refractivity contribution in [1.29, 1.82) is 0 Å². The molecule has 0 bridgehead atoms. The van der Waals surface area contributed by atoms with Gasteiger partial charge in [-0.1, -0.05) is 5.16 Å². The van der Waals surface area contributed by atoms with Gasteiger partial charge in [0.15, 0.2) is 11.5 Å². The van der Waals surface area contributed by atoms with Crippen molar-refractivity contribution in [3.63, 3.8) is 0 Å². The molecule has 1 aliphatic rings. The Hall–Kier alpha value is -2.30. The first-order valence-corrected chi connectivity index (χ1v) is 6.09. The average Bonchev–Trinajstić information content (AvgIpc) is 3.05. The van der Waals surface area contributed by atoms with Crippen LogP contribution in [0.2, 0.25) is 0 Å². The highest BCUT2D eigenvalue weighted by Crippen LogP contribution is 2.36. The molecule has 2 aromatic rings. The molecule has 1 heterocycles. The Labute approximate surface area is 109 Å². The van der Waals surface area contributed by atoms with Gasteiger partial charge in [-0.3, -0.25) is 0 Å². The molecular weight excluding hydrogens is 246 g/mol. The largest absolute Gasteiger partial charge is 0.496 e. The van der Waals surface area contributed by atoms with E-state index in [2.05, 4.69) is 5.16 Å². The van der Waals surface area contributed by atoms with E-state index in [4.69, 9.17) is 14.4 Å². The van der Waals surface area contributed by atoms with Gasteiger partial charge in [0, 0.05) is 6.07 Å². The molecule has 0 spiro atoms. The molecule has 0 radical (unpaired) electrons.